The van der Waals surface area contributed by atoms with Gasteiger partial charge in [0.2, 0.25) is 10.0 Å². The average molecular weight is 363 g/mol. The molecule has 0 saturated heterocycles. The van der Waals surface area contributed by atoms with E-state index in [0.717, 1.165) is 17.6 Å². The van der Waals surface area contributed by atoms with Crippen LogP contribution in [0.1, 0.15) is 5.56 Å². The number of methoxy groups -OCH3 is 1. The van der Waals surface area contributed by atoms with Crippen molar-refractivity contribution in [3.8, 4) is 5.75 Å². The van der Waals surface area contributed by atoms with Crippen molar-refractivity contribution >= 4 is 27.4 Å². The lowest BCUT2D eigenvalue weighted by atomic mass is 10.1. The molecule has 2 rings (SSSR count). The van der Waals surface area contributed by atoms with Gasteiger partial charge in [-0.3, -0.25) is 4.72 Å². The molecule has 134 valence electrons. The summed E-state index contributed by atoms with van der Waals surface area (Å²) >= 11 is 0. The van der Waals surface area contributed by atoms with E-state index in [2.05, 4.69) is 15.4 Å². The Morgan fingerprint density at radius 1 is 1.04 bits per heavy atom. The minimum absolute atomic E-state index is 0.335. The van der Waals surface area contributed by atoms with Crippen LogP contribution in [0.3, 0.4) is 0 Å². The molecule has 0 fully saturated rings. The average Bonchev–Trinajstić information content (AvgIpc) is 2.56. The first-order chi connectivity index (χ1) is 11.9. The zero-order valence-corrected chi connectivity index (χ0v) is 14.9. The summed E-state index contributed by atoms with van der Waals surface area (Å²) in [6.45, 7) is 0.458. The molecule has 0 aliphatic rings. The molecule has 0 saturated carbocycles. The van der Waals surface area contributed by atoms with Crippen LogP contribution in [-0.4, -0.2) is 34.4 Å². The van der Waals surface area contributed by atoms with E-state index >= 15 is 0 Å². The molecule has 25 heavy (non-hydrogen) atoms. The zero-order chi connectivity index (χ0) is 18.3. The number of ether oxygens (including phenoxy) is 1. The number of nitrogens with one attached hydrogen (secondary N) is 3. The number of carbonyl (C=O) groups excluding carboxylic acids is 1. The molecule has 0 aliphatic carbocycles. The van der Waals surface area contributed by atoms with Gasteiger partial charge in [-0.15, -0.1) is 0 Å². The molecule has 2 aromatic rings. The van der Waals surface area contributed by atoms with Crippen molar-refractivity contribution in [3.63, 3.8) is 0 Å². The number of urea groups is 1. The number of anilines is 2. The van der Waals surface area contributed by atoms with Crippen LogP contribution in [0.5, 0.6) is 5.75 Å². The lowest BCUT2D eigenvalue weighted by Gasteiger charge is -2.10. The third-order valence-corrected chi connectivity index (χ3v) is 3.92. The molecule has 0 spiro atoms. The van der Waals surface area contributed by atoms with Crippen LogP contribution >= 0.6 is 0 Å². The van der Waals surface area contributed by atoms with Crippen LogP contribution in [0.2, 0.25) is 0 Å². The molecule has 0 unspecified atom stereocenters. The molecule has 3 N–H and O–H groups in total. The number of hydrogen-bond acceptors (Lipinski definition) is 4. The molecule has 2 amide bonds. The third-order valence-electron chi connectivity index (χ3n) is 3.32. The van der Waals surface area contributed by atoms with E-state index < -0.39 is 10.0 Å². The van der Waals surface area contributed by atoms with Gasteiger partial charge >= 0.3 is 6.03 Å². The number of para-hydroxylation sites is 1. The van der Waals surface area contributed by atoms with Gasteiger partial charge < -0.3 is 15.4 Å². The van der Waals surface area contributed by atoms with E-state index in [0.29, 0.717) is 24.3 Å². The Labute approximate surface area is 147 Å². The summed E-state index contributed by atoms with van der Waals surface area (Å²) in [5, 5.41) is 5.46. The van der Waals surface area contributed by atoms with Crippen LogP contribution in [-0.2, 0) is 16.4 Å². The highest BCUT2D eigenvalue weighted by molar-refractivity contribution is 7.92. The van der Waals surface area contributed by atoms with Gasteiger partial charge in [0.25, 0.3) is 0 Å². The van der Waals surface area contributed by atoms with Gasteiger partial charge in [-0.05, 0) is 42.3 Å². The maximum atomic E-state index is 11.9. The Morgan fingerprint density at radius 2 is 1.68 bits per heavy atom. The molecular weight excluding hydrogens is 342 g/mol. The predicted molar refractivity (Wildman–Crippen MR) is 98.6 cm³/mol. The van der Waals surface area contributed by atoms with Crippen molar-refractivity contribution in [3.05, 3.63) is 54.1 Å². The van der Waals surface area contributed by atoms with Crippen LogP contribution in [0.25, 0.3) is 0 Å². The molecule has 0 bridgehead atoms. The smallest absolute Gasteiger partial charge is 0.319 e. The molecule has 0 radical (unpaired) electrons. The van der Waals surface area contributed by atoms with E-state index in [-0.39, 0.29) is 6.03 Å². The highest BCUT2D eigenvalue weighted by Crippen LogP contribution is 2.17. The predicted octanol–water partition coefficient (Wildman–Crippen LogP) is 2.43. The molecule has 0 aliphatic heterocycles. The fraction of sp³-hybridized carbons (Fsp3) is 0.235. The van der Waals surface area contributed by atoms with Gasteiger partial charge in [-0.1, -0.05) is 18.2 Å². The summed E-state index contributed by atoms with van der Waals surface area (Å²) in [4.78, 5) is 11.9. The number of carbonyl (C=O) groups is 1. The first-order valence-electron chi connectivity index (χ1n) is 7.62. The second kappa shape index (κ2) is 8.39. The quantitative estimate of drug-likeness (QED) is 0.704. The van der Waals surface area contributed by atoms with Crippen LogP contribution in [0, 0.1) is 0 Å². The highest BCUT2D eigenvalue weighted by Gasteiger charge is 2.05. The SMILES string of the molecule is COc1ccccc1CCNC(=O)Nc1ccc(NS(C)(=O)=O)cc1. The standard InChI is InChI=1S/C17H21N3O4S/c1-24-16-6-4-3-5-13(16)11-12-18-17(21)19-14-7-9-15(10-8-14)20-25(2,22)23/h3-10,20H,11-12H2,1-2H3,(H2,18,19,21). The van der Waals surface area contributed by atoms with Crippen molar-refractivity contribution in [1.29, 1.82) is 0 Å². The van der Waals surface area contributed by atoms with Gasteiger partial charge in [0.1, 0.15) is 5.75 Å². The topological polar surface area (TPSA) is 96.5 Å². The van der Waals surface area contributed by atoms with Crippen molar-refractivity contribution in [2.24, 2.45) is 0 Å². The Bertz CT molecular complexity index is 820. The normalized spacial score (nSPS) is 10.8. The lowest BCUT2D eigenvalue weighted by Crippen LogP contribution is -2.30. The van der Waals surface area contributed by atoms with Crippen molar-refractivity contribution in [1.82, 2.24) is 5.32 Å². The Hall–Kier alpha value is -2.74. The van der Waals surface area contributed by atoms with E-state index in [1.165, 1.54) is 0 Å². The molecule has 7 nitrogen and oxygen atoms in total. The lowest BCUT2D eigenvalue weighted by molar-refractivity contribution is 0.252. The minimum Gasteiger partial charge on any atom is -0.496 e. The fourth-order valence-electron chi connectivity index (χ4n) is 2.23. The monoisotopic (exact) mass is 363 g/mol. The summed E-state index contributed by atoms with van der Waals surface area (Å²) in [6.07, 6.45) is 1.73. The summed E-state index contributed by atoms with van der Waals surface area (Å²) in [5.74, 6) is 0.790. The Balaban J connectivity index is 1.82. The molecule has 0 aromatic heterocycles. The van der Waals surface area contributed by atoms with Crippen molar-refractivity contribution in [2.75, 3.05) is 29.9 Å². The number of hydrogen-bond donors (Lipinski definition) is 3. The Kier molecular flexibility index (Phi) is 6.24. The van der Waals surface area contributed by atoms with Crippen molar-refractivity contribution < 1.29 is 17.9 Å². The first kappa shape index (κ1) is 18.6. The van der Waals surface area contributed by atoms with E-state index in [1.54, 1.807) is 31.4 Å². The maximum Gasteiger partial charge on any atom is 0.319 e. The fourth-order valence-corrected chi connectivity index (χ4v) is 2.80. The largest absolute Gasteiger partial charge is 0.496 e. The molecular formula is C17H21N3O4S. The molecule has 8 heteroatoms. The van der Waals surface area contributed by atoms with Gasteiger partial charge in [0, 0.05) is 17.9 Å². The van der Waals surface area contributed by atoms with Crippen LogP contribution in [0.15, 0.2) is 48.5 Å². The number of sulfonamides is 1. The Morgan fingerprint density at radius 3 is 2.32 bits per heavy atom. The van der Waals surface area contributed by atoms with Gasteiger partial charge in [-0.25, -0.2) is 13.2 Å². The maximum absolute atomic E-state index is 11.9. The van der Waals surface area contributed by atoms with E-state index in [1.807, 2.05) is 24.3 Å². The minimum atomic E-state index is -3.32. The number of benzene rings is 2. The van der Waals surface area contributed by atoms with Crippen molar-refractivity contribution in [2.45, 2.75) is 6.42 Å². The molecule has 0 atom stereocenters. The number of amides is 2. The zero-order valence-electron chi connectivity index (χ0n) is 14.1. The van der Waals surface area contributed by atoms with Crippen LogP contribution < -0.4 is 20.1 Å². The van der Waals surface area contributed by atoms with E-state index in [4.69, 9.17) is 4.74 Å². The van der Waals surface area contributed by atoms with Gasteiger partial charge in [-0.2, -0.15) is 0 Å². The molecule has 0 heterocycles. The summed E-state index contributed by atoms with van der Waals surface area (Å²) in [6, 6.07) is 13.7. The van der Waals surface area contributed by atoms with E-state index in [9.17, 15) is 13.2 Å². The highest BCUT2D eigenvalue weighted by atomic mass is 32.2. The first-order valence-corrected chi connectivity index (χ1v) is 9.51. The summed E-state index contributed by atoms with van der Waals surface area (Å²) in [5.41, 5.74) is 2.01. The summed E-state index contributed by atoms with van der Waals surface area (Å²) in [7, 11) is -1.70. The summed E-state index contributed by atoms with van der Waals surface area (Å²) < 4.78 is 29.9. The second-order valence-electron chi connectivity index (χ2n) is 5.39. The number of rotatable bonds is 7. The second-order valence-corrected chi connectivity index (χ2v) is 7.14. The van der Waals surface area contributed by atoms with Crippen LogP contribution in [0.4, 0.5) is 16.2 Å². The van der Waals surface area contributed by atoms with Gasteiger partial charge in [0.05, 0.1) is 13.4 Å². The third kappa shape index (κ3) is 6.34. The molecule has 2 aromatic carbocycles. The van der Waals surface area contributed by atoms with Gasteiger partial charge in [0.15, 0.2) is 0 Å².